The van der Waals surface area contributed by atoms with Gasteiger partial charge >= 0.3 is 0 Å². The minimum absolute atomic E-state index is 0.276. The Kier molecular flexibility index (Phi) is 15.4. The van der Waals surface area contributed by atoms with E-state index in [1.807, 2.05) is 0 Å². The third-order valence-electron chi connectivity index (χ3n) is 3.77. The summed E-state index contributed by atoms with van der Waals surface area (Å²) < 4.78 is 5.56. The zero-order valence-electron chi connectivity index (χ0n) is 14.7. The predicted octanol–water partition coefficient (Wildman–Crippen LogP) is 4.79. The number of rotatable bonds is 15. The van der Waals surface area contributed by atoms with Crippen molar-refractivity contribution in [3.8, 4) is 0 Å². The standard InChI is InChI=1S/C18H37NO2/c1-4-7-10-14-19(15-11-8-5-2)18(20)13-17-21-16-12-9-6-3/h4-17H2,1-3H3. The smallest absolute Gasteiger partial charge is 0.224 e. The van der Waals surface area contributed by atoms with Crippen molar-refractivity contribution in [2.75, 3.05) is 26.3 Å². The molecule has 126 valence electrons. The van der Waals surface area contributed by atoms with Crippen molar-refractivity contribution in [3.63, 3.8) is 0 Å². The number of carbonyl (C=O) groups excluding carboxylic acids is 1. The minimum atomic E-state index is 0.276. The fourth-order valence-electron chi connectivity index (χ4n) is 2.34. The van der Waals surface area contributed by atoms with E-state index in [1.54, 1.807) is 0 Å². The lowest BCUT2D eigenvalue weighted by molar-refractivity contribution is -0.132. The van der Waals surface area contributed by atoms with Gasteiger partial charge in [0.15, 0.2) is 0 Å². The predicted molar refractivity (Wildman–Crippen MR) is 90.6 cm³/mol. The molecule has 0 atom stereocenters. The summed E-state index contributed by atoms with van der Waals surface area (Å²) in [6.45, 7) is 9.82. The fraction of sp³-hybridized carbons (Fsp3) is 0.944. The molecule has 0 saturated heterocycles. The van der Waals surface area contributed by atoms with E-state index in [4.69, 9.17) is 4.74 Å². The van der Waals surface area contributed by atoms with Gasteiger partial charge in [-0.3, -0.25) is 4.79 Å². The molecule has 21 heavy (non-hydrogen) atoms. The Morgan fingerprint density at radius 3 is 1.81 bits per heavy atom. The topological polar surface area (TPSA) is 29.5 Å². The van der Waals surface area contributed by atoms with Crippen LogP contribution in [-0.2, 0) is 9.53 Å². The molecule has 0 fully saturated rings. The van der Waals surface area contributed by atoms with Gasteiger partial charge in [0.25, 0.3) is 0 Å². The summed E-state index contributed by atoms with van der Waals surface area (Å²) in [4.78, 5) is 14.3. The molecule has 0 aliphatic carbocycles. The van der Waals surface area contributed by atoms with Crippen LogP contribution in [0.2, 0.25) is 0 Å². The summed E-state index contributed by atoms with van der Waals surface area (Å²) in [5.74, 6) is 0.276. The second-order valence-corrected chi connectivity index (χ2v) is 5.86. The number of hydrogen-bond donors (Lipinski definition) is 0. The van der Waals surface area contributed by atoms with Crippen LogP contribution >= 0.6 is 0 Å². The van der Waals surface area contributed by atoms with Crippen molar-refractivity contribution in [2.24, 2.45) is 0 Å². The average molecular weight is 299 g/mol. The Morgan fingerprint density at radius 1 is 0.762 bits per heavy atom. The van der Waals surface area contributed by atoms with E-state index in [9.17, 15) is 4.79 Å². The SMILES string of the molecule is CCCCCOCCC(=O)N(CCCCC)CCCCC. The van der Waals surface area contributed by atoms with Crippen LogP contribution in [-0.4, -0.2) is 37.1 Å². The first-order chi connectivity index (χ1) is 10.3. The van der Waals surface area contributed by atoms with Gasteiger partial charge in [-0.1, -0.05) is 59.3 Å². The van der Waals surface area contributed by atoms with Crippen LogP contribution in [0.5, 0.6) is 0 Å². The summed E-state index contributed by atoms with van der Waals surface area (Å²) in [5, 5.41) is 0. The van der Waals surface area contributed by atoms with Gasteiger partial charge in [0, 0.05) is 19.7 Å². The maximum atomic E-state index is 12.3. The Balaban J connectivity index is 3.87. The number of hydrogen-bond acceptors (Lipinski definition) is 2. The van der Waals surface area contributed by atoms with Gasteiger partial charge in [-0.2, -0.15) is 0 Å². The van der Waals surface area contributed by atoms with Gasteiger partial charge in [0.05, 0.1) is 13.0 Å². The third kappa shape index (κ3) is 12.9. The molecule has 0 aromatic heterocycles. The first kappa shape index (κ1) is 20.4. The number of carbonyl (C=O) groups is 1. The maximum Gasteiger partial charge on any atom is 0.224 e. The molecule has 0 aliphatic rings. The molecule has 3 nitrogen and oxygen atoms in total. The van der Waals surface area contributed by atoms with Crippen molar-refractivity contribution in [2.45, 2.75) is 85.0 Å². The third-order valence-corrected chi connectivity index (χ3v) is 3.77. The van der Waals surface area contributed by atoms with Crippen molar-refractivity contribution in [3.05, 3.63) is 0 Å². The van der Waals surface area contributed by atoms with Crippen molar-refractivity contribution >= 4 is 5.91 Å². The van der Waals surface area contributed by atoms with E-state index >= 15 is 0 Å². The molecular formula is C18H37NO2. The molecule has 0 spiro atoms. The molecular weight excluding hydrogens is 262 g/mol. The van der Waals surface area contributed by atoms with Gasteiger partial charge in [-0.05, 0) is 19.3 Å². The Morgan fingerprint density at radius 2 is 1.29 bits per heavy atom. The van der Waals surface area contributed by atoms with Crippen LogP contribution < -0.4 is 0 Å². The van der Waals surface area contributed by atoms with E-state index < -0.39 is 0 Å². The van der Waals surface area contributed by atoms with Crippen LogP contribution in [0.3, 0.4) is 0 Å². The second kappa shape index (κ2) is 15.8. The quantitative estimate of drug-likeness (QED) is 0.407. The Hall–Kier alpha value is -0.570. The molecule has 0 saturated carbocycles. The summed E-state index contributed by atoms with van der Waals surface area (Å²) >= 11 is 0. The fourth-order valence-corrected chi connectivity index (χ4v) is 2.34. The zero-order valence-corrected chi connectivity index (χ0v) is 14.7. The van der Waals surface area contributed by atoms with E-state index in [2.05, 4.69) is 25.7 Å². The molecule has 3 heteroatoms. The monoisotopic (exact) mass is 299 g/mol. The minimum Gasteiger partial charge on any atom is -0.381 e. The van der Waals surface area contributed by atoms with Crippen LogP contribution in [0, 0.1) is 0 Å². The van der Waals surface area contributed by atoms with E-state index in [0.29, 0.717) is 13.0 Å². The number of ether oxygens (including phenoxy) is 1. The summed E-state index contributed by atoms with van der Waals surface area (Å²) in [5.41, 5.74) is 0. The van der Waals surface area contributed by atoms with Crippen LogP contribution in [0.1, 0.15) is 85.0 Å². The van der Waals surface area contributed by atoms with E-state index in [-0.39, 0.29) is 5.91 Å². The lowest BCUT2D eigenvalue weighted by atomic mass is 10.2. The Bertz CT molecular complexity index is 221. The molecule has 1 amide bonds. The molecule has 0 unspecified atom stereocenters. The second-order valence-electron chi connectivity index (χ2n) is 5.86. The molecule has 0 aromatic carbocycles. The van der Waals surface area contributed by atoms with E-state index in [0.717, 1.165) is 39.0 Å². The Labute approximate surface area is 132 Å². The molecule has 0 N–H and O–H groups in total. The zero-order chi connectivity index (χ0) is 15.8. The molecule has 0 rings (SSSR count). The molecule has 0 bridgehead atoms. The van der Waals surface area contributed by atoms with Crippen LogP contribution in [0.15, 0.2) is 0 Å². The largest absolute Gasteiger partial charge is 0.381 e. The highest BCUT2D eigenvalue weighted by Gasteiger charge is 2.12. The van der Waals surface area contributed by atoms with Gasteiger partial charge in [0.2, 0.25) is 5.91 Å². The van der Waals surface area contributed by atoms with Crippen molar-refractivity contribution < 1.29 is 9.53 Å². The van der Waals surface area contributed by atoms with Crippen molar-refractivity contribution in [1.82, 2.24) is 4.90 Å². The van der Waals surface area contributed by atoms with Crippen LogP contribution in [0.25, 0.3) is 0 Å². The normalized spacial score (nSPS) is 10.8. The molecule has 0 radical (unpaired) electrons. The van der Waals surface area contributed by atoms with Gasteiger partial charge in [-0.25, -0.2) is 0 Å². The molecule has 0 aromatic rings. The lowest BCUT2D eigenvalue weighted by Crippen LogP contribution is -2.33. The highest BCUT2D eigenvalue weighted by molar-refractivity contribution is 5.76. The average Bonchev–Trinajstić information content (AvgIpc) is 2.49. The molecule has 0 heterocycles. The number of amides is 1. The highest BCUT2D eigenvalue weighted by Crippen LogP contribution is 2.05. The first-order valence-corrected chi connectivity index (χ1v) is 9.11. The summed E-state index contributed by atoms with van der Waals surface area (Å²) in [6, 6.07) is 0. The van der Waals surface area contributed by atoms with Gasteiger partial charge in [0.1, 0.15) is 0 Å². The summed E-state index contributed by atoms with van der Waals surface area (Å²) in [6.07, 6.45) is 11.2. The van der Waals surface area contributed by atoms with Gasteiger partial charge in [-0.15, -0.1) is 0 Å². The maximum absolute atomic E-state index is 12.3. The van der Waals surface area contributed by atoms with Crippen molar-refractivity contribution in [1.29, 1.82) is 0 Å². The van der Waals surface area contributed by atoms with Crippen LogP contribution in [0.4, 0.5) is 0 Å². The first-order valence-electron chi connectivity index (χ1n) is 9.11. The highest BCUT2D eigenvalue weighted by atomic mass is 16.5. The summed E-state index contributed by atoms with van der Waals surface area (Å²) in [7, 11) is 0. The number of unbranched alkanes of at least 4 members (excludes halogenated alkanes) is 6. The lowest BCUT2D eigenvalue weighted by Gasteiger charge is -2.22. The molecule has 0 aliphatic heterocycles. The van der Waals surface area contributed by atoms with Gasteiger partial charge < -0.3 is 9.64 Å². The van der Waals surface area contributed by atoms with E-state index in [1.165, 1.54) is 38.5 Å². The number of nitrogens with zero attached hydrogens (tertiary/aromatic N) is 1.